The van der Waals surface area contributed by atoms with Gasteiger partial charge in [-0.25, -0.2) is 4.98 Å². The first-order chi connectivity index (χ1) is 7.18. The lowest BCUT2D eigenvalue weighted by atomic mass is 10.1. The number of halogens is 1. The van der Waals surface area contributed by atoms with Gasteiger partial charge >= 0.3 is 0 Å². The molecule has 4 heteroatoms. The largest absolute Gasteiger partial charge is 0.377 e. The van der Waals surface area contributed by atoms with Crippen molar-refractivity contribution >= 4 is 29.1 Å². The van der Waals surface area contributed by atoms with E-state index in [1.54, 1.807) is 6.20 Å². The van der Waals surface area contributed by atoms with Crippen LogP contribution < -0.4 is 4.90 Å². The number of hydrogen-bond acceptors (Lipinski definition) is 3. The van der Waals surface area contributed by atoms with Crippen LogP contribution in [-0.2, 0) is 0 Å². The van der Waals surface area contributed by atoms with Crippen molar-refractivity contribution in [2.24, 2.45) is 4.99 Å². The van der Waals surface area contributed by atoms with Crippen LogP contribution in [0.25, 0.3) is 5.57 Å². The van der Waals surface area contributed by atoms with E-state index < -0.39 is 0 Å². The predicted octanol–water partition coefficient (Wildman–Crippen LogP) is 2.27. The summed E-state index contributed by atoms with van der Waals surface area (Å²) in [5.74, 6) is 0. The molecule has 78 valence electrons. The first-order valence-corrected chi connectivity index (χ1v) is 5.09. The normalized spacial score (nSPS) is 14.2. The van der Waals surface area contributed by atoms with E-state index in [0.717, 1.165) is 23.4 Å². The Kier molecular flexibility index (Phi) is 2.73. The lowest BCUT2D eigenvalue weighted by Gasteiger charge is -2.17. The number of allylic oxidation sites excluding steroid dienone is 1. The molecule has 0 spiro atoms. The summed E-state index contributed by atoms with van der Waals surface area (Å²) in [5.41, 5.74) is 3.25. The van der Waals surface area contributed by atoms with Crippen molar-refractivity contribution in [2.75, 3.05) is 25.5 Å². The number of nitrogens with zero attached hydrogens (tertiary/aromatic N) is 3. The molecule has 1 aliphatic rings. The van der Waals surface area contributed by atoms with Gasteiger partial charge < -0.3 is 4.90 Å². The molecule has 2 rings (SSSR count). The lowest BCUT2D eigenvalue weighted by Crippen LogP contribution is -2.11. The summed E-state index contributed by atoms with van der Waals surface area (Å²) in [6.07, 6.45) is 5.75. The summed E-state index contributed by atoms with van der Waals surface area (Å²) in [6, 6.07) is 1.86. The summed E-state index contributed by atoms with van der Waals surface area (Å²) in [5, 5.41) is 0.512. The van der Waals surface area contributed by atoms with E-state index in [9.17, 15) is 0 Å². The summed E-state index contributed by atoms with van der Waals surface area (Å²) in [7, 11) is 3.98. The first kappa shape index (κ1) is 10.2. The summed E-state index contributed by atoms with van der Waals surface area (Å²) in [6.45, 7) is 0.755. The van der Waals surface area contributed by atoms with Gasteiger partial charge in [0, 0.05) is 43.3 Å². The van der Waals surface area contributed by atoms with Crippen LogP contribution >= 0.6 is 11.6 Å². The van der Waals surface area contributed by atoms with E-state index >= 15 is 0 Å². The number of aliphatic imine (C=N–C) groups is 1. The van der Waals surface area contributed by atoms with Crippen LogP contribution in [0.1, 0.15) is 5.56 Å². The van der Waals surface area contributed by atoms with Crippen LogP contribution in [0.5, 0.6) is 0 Å². The van der Waals surface area contributed by atoms with E-state index in [0.29, 0.717) is 5.15 Å². The van der Waals surface area contributed by atoms with Gasteiger partial charge in [-0.1, -0.05) is 17.7 Å². The van der Waals surface area contributed by atoms with Gasteiger partial charge in [0.2, 0.25) is 0 Å². The van der Waals surface area contributed by atoms with Crippen LogP contribution in [-0.4, -0.2) is 31.8 Å². The smallest absolute Gasteiger partial charge is 0.131 e. The van der Waals surface area contributed by atoms with Gasteiger partial charge in [0.05, 0.1) is 6.54 Å². The molecule has 0 N–H and O–H groups in total. The third-order valence-corrected chi connectivity index (χ3v) is 2.50. The Bertz CT molecular complexity index is 435. The van der Waals surface area contributed by atoms with Crippen molar-refractivity contribution in [1.29, 1.82) is 0 Å². The van der Waals surface area contributed by atoms with Crippen molar-refractivity contribution in [1.82, 2.24) is 4.98 Å². The van der Waals surface area contributed by atoms with Gasteiger partial charge in [0.1, 0.15) is 5.15 Å². The Labute approximate surface area is 94.1 Å². The number of anilines is 1. The highest BCUT2D eigenvalue weighted by Gasteiger charge is 2.11. The molecule has 1 aromatic heterocycles. The van der Waals surface area contributed by atoms with Crippen LogP contribution in [0.15, 0.2) is 23.3 Å². The third kappa shape index (κ3) is 2.02. The maximum Gasteiger partial charge on any atom is 0.131 e. The Balaban J connectivity index is 2.50. The molecule has 0 aromatic carbocycles. The van der Waals surface area contributed by atoms with Crippen LogP contribution in [0.3, 0.4) is 0 Å². The second-order valence-electron chi connectivity index (χ2n) is 3.57. The van der Waals surface area contributed by atoms with Gasteiger partial charge in [0.15, 0.2) is 0 Å². The standard InChI is InChI=1S/C11H12ClN3/c1-15(2)10-5-11(12)14-7-9(10)8-3-4-13-6-8/h3,5-7H,4H2,1-2H3. The molecule has 15 heavy (non-hydrogen) atoms. The molecule has 0 bridgehead atoms. The molecule has 0 fully saturated rings. The quantitative estimate of drug-likeness (QED) is 0.717. The minimum atomic E-state index is 0.512. The number of rotatable bonds is 2. The van der Waals surface area contributed by atoms with Crippen LogP contribution in [0.2, 0.25) is 5.15 Å². The van der Waals surface area contributed by atoms with Gasteiger partial charge in [-0.05, 0) is 6.07 Å². The maximum atomic E-state index is 5.88. The average molecular weight is 222 g/mol. The molecule has 0 amide bonds. The molecule has 0 aliphatic carbocycles. The molecular weight excluding hydrogens is 210 g/mol. The van der Waals surface area contributed by atoms with Crippen molar-refractivity contribution in [3.8, 4) is 0 Å². The molecule has 0 saturated heterocycles. The van der Waals surface area contributed by atoms with E-state index in [1.807, 2.05) is 31.3 Å². The first-order valence-electron chi connectivity index (χ1n) is 4.71. The van der Waals surface area contributed by atoms with Crippen LogP contribution in [0.4, 0.5) is 5.69 Å². The minimum Gasteiger partial charge on any atom is -0.377 e. The van der Waals surface area contributed by atoms with Gasteiger partial charge in [-0.2, -0.15) is 0 Å². The summed E-state index contributed by atoms with van der Waals surface area (Å²) in [4.78, 5) is 10.3. The topological polar surface area (TPSA) is 28.5 Å². The highest BCUT2D eigenvalue weighted by atomic mass is 35.5. The third-order valence-electron chi connectivity index (χ3n) is 2.29. The fourth-order valence-electron chi connectivity index (χ4n) is 1.55. The number of hydrogen-bond donors (Lipinski definition) is 0. The molecular formula is C11H12ClN3. The molecule has 1 aromatic rings. The zero-order chi connectivity index (χ0) is 10.8. The zero-order valence-electron chi connectivity index (χ0n) is 8.74. The monoisotopic (exact) mass is 221 g/mol. The predicted molar refractivity (Wildman–Crippen MR) is 64.9 cm³/mol. The van der Waals surface area contributed by atoms with E-state index in [1.165, 1.54) is 0 Å². The van der Waals surface area contributed by atoms with Gasteiger partial charge in [0.25, 0.3) is 0 Å². The Morgan fingerprint density at radius 1 is 1.40 bits per heavy atom. The fourth-order valence-corrected chi connectivity index (χ4v) is 1.70. The number of pyridine rings is 1. The maximum absolute atomic E-state index is 5.88. The minimum absolute atomic E-state index is 0.512. The summed E-state index contributed by atoms with van der Waals surface area (Å²) >= 11 is 5.88. The van der Waals surface area contributed by atoms with E-state index in [-0.39, 0.29) is 0 Å². The van der Waals surface area contributed by atoms with E-state index in [2.05, 4.69) is 16.1 Å². The Hall–Kier alpha value is -1.35. The fraction of sp³-hybridized carbons (Fsp3) is 0.273. The Morgan fingerprint density at radius 3 is 2.80 bits per heavy atom. The second-order valence-corrected chi connectivity index (χ2v) is 3.96. The molecule has 0 radical (unpaired) electrons. The molecule has 0 unspecified atom stereocenters. The van der Waals surface area contributed by atoms with E-state index in [4.69, 9.17) is 11.6 Å². The zero-order valence-corrected chi connectivity index (χ0v) is 9.49. The van der Waals surface area contributed by atoms with Crippen molar-refractivity contribution in [2.45, 2.75) is 0 Å². The van der Waals surface area contributed by atoms with Crippen molar-refractivity contribution < 1.29 is 0 Å². The molecule has 1 aliphatic heterocycles. The summed E-state index contributed by atoms with van der Waals surface area (Å²) < 4.78 is 0. The highest BCUT2D eigenvalue weighted by Crippen LogP contribution is 2.27. The number of aromatic nitrogens is 1. The van der Waals surface area contributed by atoms with Crippen LogP contribution in [0, 0.1) is 0 Å². The molecule has 3 nitrogen and oxygen atoms in total. The SMILES string of the molecule is CN(C)c1cc(Cl)ncc1C1=CCN=C1. The Morgan fingerprint density at radius 2 is 2.20 bits per heavy atom. The van der Waals surface area contributed by atoms with Crippen molar-refractivity contribution in [3.63, 3.8) is 0 Å². The molecule has 0 atom stereocenters. The molecule has 0 saturated carbocycles. The van der Waals surface area contributed by atoms with Gasteiger partial charge in [-0.15, -0.1) is 0 Å². The molecule has 2 heterocycles. The van der Waals surface area contributed by atoms with Crippen molar-refractivity contribution in [3.05, 3.63) is 29.1 Å². The average Bonchev–Trinajstić information content (AvgIpc) is 2.70. The second kappa shape index (κ2) is 4.03. The lowest BCUT2D eigenvalue weighted by molar-refractivity contribution is 1.11. The highest BCUT2D eigenvalue weighted by molar-refractivity contribution is 6.29. The van der Waals surface area contributed by atoms with Gasteiger partial charge in [-0.3, -0.25) is 4.99 Å².